The second-order valence-corrected chi connectivity index (χ2v) is 5.99. The molecule has 1 heterocycles. The Bertz CT molecular complexity index is 364. The molecule has 1 saturated heterocycles. The molecule has 1 aliphatic heterocycles. The minimum absolute atomic E-state index is 0.0307. The molecule has 2 rings (SSSR count). The molecule has 1 N–H and O–H groups in total. The van der Waals surface area contributed by atoms with Crippen LogP contribution < -0.4 is 5.32 Å². The summed E-state index contributed by atoms with van der Waals surface area (Å²) in [6, 6.07) is -0.309. The van der Waals surface area contributed by atoms with E-state index < -0.39 is 0 Å². The molecule has 19 heavy (non-hydrogen) atoms. The van der Waals surface area contributed by atoms with Crippen molar-refractivity contribution in [1.82, 2.24) is 15.1 Å². The highest BCUT2D eigenvalue weighted by atomic mass is 16.2. The molecule has 2 aliphatic rings. The van der Waals surface area contributed by atoms with Gasteiger partial charge >= 0.3 is 0 Å². The molecule has 2 fully saturated rings. The first-order chi connectivity index (χ1) is 9.00. The van der Waals surface area contributed by atoms with Crippen molar-refractivity contribution >= 4 is 11.8 Å². The number of imide groups is 1. The van der Waals surface area contributed by atoms with Gasteiger partial charge in [0.15, 0.2) is 0 Å². The summed E-state index contributed by atoms with van der Waals surface area (Å²) in [6.45, 7) is 3.33. The molecule has 0 aromatic carbocycles. The normalized spacial score (nSPS) is 26.1. The van der Waals surface area contributed by atoms with Gasteiger partial charge in [0, 0.05) is 18.6 Å². The summed E-state index contributed by atoms with van der Waals surface area (Å²) in [7, 11) is 4.18. The maximum atomic E-state index is 12.1. The molecule has 108 valence electrons. The van der Waals surface area contributed by atoms with Crippen molar-refractivity contribution in [3.05, 3.63) is 0 Å². The third-order valence-corrected chi connectivity index (χ3v) is 4.60. The maximum absolute atomic E-state index is 12.1. The molecule has 0 radical (unpaired) electrons. The molecular formula is C14H25N3O2. The number of nitrogens with zero attached hydrogens (tertiary/aromatic N) is 2. The van der Waals surface area contributed by atoms with Crippen LogP contribution in [-0.2, 0) is 9.59 Å². The molecule has 0 bridgehead atoms. The molecule has 2 amide bonds. The standard InChI is InChI=1S/C14H25N3O2/c1-4-8-17-12(18)9-11(13(17)19)15-10-14(16(2)3)6-5-7-14/h11,15H,4-10H2,1-3H3. The Balaban J connectivity index is 1.90. The highest BCUT2D eigenvalue weighted by molar-refractivity contribution is 6.05. The van der Waals surface area contributed by atoms with Gasteiger partial charge in [0.25, 0.3) is 0 Å². The van der Waals surface area contributed by atoms with Gasteiger partial charge in [0.05, 0.1) is 12.5 Å². The molecule has 1 saturated carbocycles. The topological polar surface area (TPSA) is 52.7 Å². The van der Waals surface area contributed by atoms with Gasteiger partial charge in [-0.15, -0.1) is 0 Å². The summed E-state index contributed by atoms with van der Waals surface area (Å²) in [6.07, 6.45) is 4.73. The monoisotopic (exact) mass is 267 g/mol. The van der Waals surface area contributed by atoms with E-state index in [4.69, 9.17) is 0 Å². The van der Waals surface area contributed by atoms with Crippen molar-refractivity contribution in [2.75, 3.05) is 27.2 Å². The van der Waals surface area contributed by atoms with Gasteiger partial charge in [-0.3, -0.25) is 14.5 Å². The first-order valence-electron chi connectivity index (χ1n) is 7.25. The maximum Gasteiger partial charge on any atom is 0.246 e. The molecule has 1 atom stereocenters. The van der Waals surface area contributed by atoms with Gasteiger partial charge < -0.3 is 10.2 Å². The largest absolute Gasteiger partial charge is 0.304 e. The number of likely N-dealkylation sites (tertiary alicyclic amines) is 1. The lowest BCUT2D eigenvalue weighted by molar-refractivity contribution is -0.138. The van der Waals surface area contributed by atoms with E-state index in [-0.39, 0.29) is 23.4 Å². The average Bonchev–Trinajstić information content (AvgIpc) is 2.55. The second-order valence-electron chi connectivity index (χ2n) is 5.99. The molecule has 0 spiro atoms. The number of rotatable bonds is 6. The van der Waals surface area contributed by atoms with Crippen molar-refractivity contribution in [3.63, 3.8) is 0 Å². The highest BCUT2D eigenvalue weighted by Gasteiger charge is 2.42. The Morgan fingerprint density at radius 2 is 2.05 bits per heavy atom. The molecule has 0 aromatic rings. The van der Waals surface area contributed by atoms with Crippen LogP contribution >= 0.6 is 0 Å². The van der Waals surface area contributed by atoms with Crippen LogP contribution in [0.1, 0.15) is 39.0 Å². The fourth-order valence-electron chi connectivity index (χ4n) is 2.98. The number of hydrogen-bond donors (Lipinski definition) is 1. The predicted molar refractivity (Wildman–Crippen MR) is 73.7 cm³/mol. The van der Waals surface area contributed by atoms with Crippen LogP contribution in [0.4, 0.5) is 0 Å². The third-order valence-electron chi connectivity index (χ3n) is 4.60. The molecule has 5 nitrogen and oxygen atoms in total. The van der Waals surface area contributed by atoms with Crippen LogP contribution in [0.2, 0.25) is 0 Å². The lowest BCUT2D eigenvalue weighted by Gasteiger charge is -2.48. The number of likely N-dealkylation sites (N-methyl/N-ethyl adjacent to an activating group) is 1. The van der Waals surface area contributed by atoms with Gasteiger partial charge in [0.2, 0.25) is 11.8 Å². The second kappa shape index (κ2) is 5.59. The first-order valence-corrected chi connectivity index (χ1v) is 7.25. The Kier molecular flexibility index (Phi) is 4.26. The smallest absolute Gasteiger partial charge is 0.246 e. The molecular weight excluding hydrogens is 242 g/mol. The third kappa shape index (κ3) is 2.67. The zero-order valence-electron chi connectivity index (χ0n) is 12.2. The van der Waals surface area contributed by atoms with E-state index in [1.807, 2.05) is 6.92 Å². The highest BCUT2D eigenvalue weighted by Crippen LogP contribution is 2.35. The average molecular weight is 267 g/mol. The fourth-order valence-corrected chi connectivity index (χ4v) is 2.98. The van der Waals surface area contributed by atoms with Crippen LogP contribution in [-0.4, -0.2) is 60.4 Å². The van der Waals surface area contributed by atoms with E-state index >= 15 is 0 Å². The molecule has 5 heteroatoms. The van der Waals surface area contributed by atoms with Crippen molar-refractivity contribution in [1.29, 1.82) is 0 Å². The number of carbonyl (C=O) groups is 2. The number of nitrogens with one attached hydrogen (secondary N) is 1. The van der Waals surface area contributed by atoms with E-state index in [1.165, 1.54) is 24.2 Å². The van der Waals surface area contributed by atoms with Crippen LogP contribution in [0.5, 0.6) is 0 Å². The van der Waals surface area contributed by atoms with E-state index in [1.54, 1.807) is 0 Å². The van der Waals surface area contributed by atoms with Crippen LogP contribution in [0.15, 0.2) is 0 Å². The fraction of sp³-hybridized carbons (Fsp3) is 0.857. The number of hydrogen-bond acceptors (Lipinski definition) is 4. The van der Waals surface area contributed by atoms with Crippen LogP contribution in [0.25, 0.3) is 0 Å². The number of carbonyl (C=O) groups excluding carboxylic acids is 2. The quantitative estimate of drug-likeness (QED) is 0.716. The van der Waals surface area contributed by atoms with Gasteiger partial charge in [0.1, 0.15) is 0 Å². The zero-order chi connectivity index (χ0) is 14.0. The summed E-state index contributed by atoms with van der Waals surface area (Å²) >= 11 is 0. The number of amides is 2. The minimum atomic E-state index is -0.309. The van der Waals surface area contributed by atoms with Gasteiger partial charge in [-0.05, 0) is 39.8 Å². The Morgan fingerprint density at radius 1 is 1.37 bits per heavy atom. The lowest BCUT2D eigenvalue weighted by Crippen LogP contribution is -2.58. The van der Waals surface area contributed by atoms with Crippen molar-refractivity contribution in [3.8, 4) is 0 Å². The summed E-state index contributed by atoms with van der Waals surface area (Å²) in [5.74, 6) is -0.0723. The SMILES string of the molecule is CCCN1C(=O)CC(NCC2(N(C)C)CCC2)C1=O. The van der Waals surface area contributed by atoms with Crippen molar-refractivity contribution in [2.24, 2.45) is 0 Å². The predicted octanol–water partition coefficient (Wildman–Crippen LogP) is 0.598. The zero-order valence-corrected chi connectivity index (χ0v) is 12.2. The van der Waals surface area contributed by atoms with Crippen LogP contribution in [0, 0.1) is 0 Å². The first kappa shape index (κ1) is 14.5. The van der Waals surface area contributed by atoms with Crippen molar-refractivity contribution < 1.29 is 9.59 Å². The summed E-state index contributed by atoms with van der Waals surface area (Å²) < 4.78 is 0. The summed E-state index contributed by atoms with van der Waals surface area (Å²) in [4.78, 5) is 27.6. The Morgan fingerprint density at radius 3 is 2.53 bits per heavy atom. The summed E-state index contributed by atoms with van der Waals surface area (Å²) in [5.41, 5.74) is 0.182. The van der Waals surface area contributed by atoms with Crippen LogP contribution in [0.3, 0.4) is 0 Å². The molecule has 0 aromatic heterocycles. The minimum Gasteiger partial charge on any atom is -0.304 e. The molecule has 1 aliphatic carbocycles. The summed E-state index contributed by atoms with van der Waals surface area (Å²) in [5, 5.41) is 3.32. The van der Waals surface area contributed by atoms with E-state index in [0.29, 0.717) is 13.0 Å². The van der Waals surface area contributed by atoms with E-state index in [2.05, 4.69) is 24.3 Å². The van der Waals surface area contributed by atoms with Gasteiger partial charge in [-0.25, -0.2) is 0 Å². The Labute approximate surface area is 115 Å². The Hall–Kier alpha value is -0.940. The van der Waals surface area contributed by atoms with E-state index in [0.717, 1.165) is 13.0 Å². The van der Waals surface area contributed by atoms with Gasteiger partial charge in [-0.2, -0.15) is 0 Å². The molecule has 1 unspecified atom stereocenters. The van der Waals surface area contributed by atoms with Gasteiger partial charge in [-0.1, -0.05) is 6.92 Å². The van der Waals surface area contributed by atoms with E-state index in [9.17, 15) is 9.59 Å². The van der Waals surface area contributed by atoms with Crippen molar-refractivity contribution in [2.45, 2.75) is 50.6 Å². The lowest BCUT2D eigenvalue weighted by atomic mass is 9.75.